The standard InChI is InChI=1S/C14H20O2/c1-3-11-9-13(15)16-14(2,10-11)12-7-5-4-6-8-12/h7,9H,3-6,8,10H2,1-2H3. The van der Waals surface area contributed by atoms with Crippen LogP contribution in [0.15, 0.2) is 23.3 Å². The molecule has 0 aromatic heterocycles. The Bertz CT molecular complexity index is 352. The smallest absolute Gasteiger partial charge is 0.331 e. The van der Waals surface area contributed by atoms with Crippen LogP contribution in [0.5, 0.6) is 0 Å². The maximum atomic E-state index is 11.6. The number of allylic oxidation sites excluding steroid dienone is 1. The maximum absolute atomic E-state index is 11.6. The van der Waals surface area contributed by atoms with E-state index in [1.807, 2.05) is 0 Å². The molecule has 0 saturated carbocycles. The summed E-state index contributed by atoms with van der Waals surface area (Å²) in [5.41, 5.74) is 2.17. The van der Waals surface area contributed by atoms with Crippen molar-refractivity contribution in [3.05, 3.63) is 23.3 Å². The van der Waals surface area contributed by atoms with E-state index in [0.717, 1.165) is 25.7 Å². The molecule has 16 heavy (non-hydrogen) atoms. The van der Waals surface area contributed by atoms with Crippen LogP contribution in [0.3, 0.4) is 0 Å². The van der Waals surface area contributed by atoms with Gasteiger partial charge in [0.2, 0.25) is 0 Å². The lowest BCUT2D eigenvalue weighted by Gasteiger charge is -2.36. The van der Waals surface area contributed by atoms with Crippen molar-refractivity contribution in [1.29, 1.82) is 0 Å². The molecule has 1 atom stereocenters. The topological polar surface area (TPSA) is 26.3 Å². The summed E-state index contributed by atoms with van der Waals surface area (Å²) in [7, 11) is 0. The third kappa shape index (κ3) is 2.21. The van der Waals surface area contributed by atoms with Crippen LogP contribution in [0.1, 0.15) is 52.4 Å². The summed E-state index contributed by atoms with van der Waals surface area (Å²) < 4.78 is 5.56. The summed E-state index contributed by atoms with van der Waals surface area (Å²) in [6.45, 7) is 4.16. The van der Waals surface area contributed by atoms with Gasteiger partial charge in [-0.3, -0.25) is 0 Å². The van der Waals surface area contributed by atoms with E-state index in [2.05, 4.69) is 19.9 Å². The average molecular weight is 220 g/mol. The molecule has 0 radical (unpaired) electrons. The number of ether oxygens (including phenoxy) is 1. The summed E-state index contributed by atoms with van der Waals surface area (Å²) in [6, 6.07) is 0. The Balaban J connectivity index is 2.22. The van der Waals surface area contributed by atoms with E-state index in [9.17, 15) is 4.79 Å². The molecule has 2 aliphatic rings. The molecule has 0 amide bonds. The molecule has 2 heteroatoms. The van der Waals surface area contributed by atoms with Gasteiger partial charge >= 0.3 is 5.97 Å². The summed E-state index contributed by atoms with van der Waals surface area (Å²) in [5, 5.41) is 0. The second-order valence-electron chi connectivity index (χ2n) is 4.96. The maximum Gasteiger partial charge on any atom is 0.331 e. The molecule has 2 nitrogen and oxygen atoms in total. The Morgan fingerprint density at radius 3 is 2.88 bits per heavy atom. The molecule has 0 fully saturated rings. The molecule has 1 aliphatic carbocycles. The lowest BCUT2D eigenvalue weighted by Crippen LogP contribution is -2.37. The number of carbonyl (C=O) groups is 1. The molecule has 0 bridgehead atoms. The Morgan fingerprint density at radius 2 is 2.25 bits per heavy atom. The first-order valence-electron chi connectivity index (χ1n) is 6.26. The molecular weight excluding hydrogens is 200 g/mol. The van der Waals surface area contributed by atoms with Gasteiger partial charge in [0.1, 0.15) is 5.60 Å². The third-order valence-electron chi connectivity index (χ3n) is 3.64. The monoisotopic (exact) mass is 220 g/mol. The lowest BCUT2D eigenvalue weighted by molar-refractivity contribution is -0.150. The van der Waals surface area contributed by atoms with Gasteiger partial charge in [-0.25, -0.2) is 4.79 Å². The van der Waals surface area contributed by atoms with Crippen LogP contribution in [0.25, 0.3) is 0 Å². The van der Waals surface area contributed by atoms with Crippen LogP contribution in [0.2, 0.25) is 0 Å². The van der Waals surface area contributed by atoms with Gasteiger partial charge in [0.25, 0.3) is 0 Å². The van der Waals surface area contributed by atoms with E-state index in [1.165, 1.54) is 24.0 Å². The van der Waals surface area contributed by atoms with Gasteiger partial charge in [-0.1, -0.05) is 18.6 Å². The molecule has 0 saturated heterocycles. The predicted molar refractivity (Wildman–Crippen MR) is 64.0 cm³/mol. The van der Waals surface area contributed by atoms with Crippen LogP contribution < -0.4 is 0 Å². The van der Waals surface area contributed by atoms with Gasteiger partial charge in [0.05, 0.1) is 0 Å². The fourth-order valence-corrected chi connectivity index (χ4v) is 2.66. The average Bonchev–Trinajstić information content (AvgIpc) is 2.29. The molecule has 1 unspecified atom stereocenters. The molecule has 0 aromatic carbocycles. The number of cyclic esters (lactones) is 1. The van der Waals surface area contributed by atoms with Crippen LogP contribution >= 0.6 is 0 Å². The highest BCUT2D eigenvalue weighted by Crippen LogP contribution is 2.38. The van der Waals surface area contributed by atoms with Gasteiger partial charge in [-0.2, -0.15) is 0 Å². The molecule has 88 valence electrons. The van der Waals surface area contributed by atoms with Gasteiger partial charge in [0, 0.05) is 12.5 Å². The van der Waals surface area contributed by atoms with Crippen molar-refractivity contribution in [3.8, 4) is 0 Å². The molecule has 2 rings (SSSR count). The number of hydrogen-bond acceptors (Lipinski definition) is 2. The molecule has 1 aliphatic heterocycles. The summed E-state index contributed by atoms with van der Waals surface area (Å²) in [6.07, 6.45) is 10.5. The minimum atomic E-state index is -0.363. The van der Waals surface area contributed by atoms with E-state index >= 15 is 0 Å². The van der Waals surface area contributed by atoms with Crippen molar-refractivity contribution in [2.24, 2.45) is 0 Å². The van der Waals surface area contributed by atoms with E-state index in [-0.39, 0.29) is 11.6 Å². The van der Waals surface area contributed by atoms with E-state index in [4.69, 9.17) is 4.74 Å². The first-order valence-corrected chi connectivity index (χ1v) is 6.26. The quantitative estimate of drug-likeness (QED) is 0.525. The zero-order chi connectivity index (χ0) is 11.6. The second-order valence-corrected chi connectivity index (χ2v) is 4.96. The number of rotatable bonds is 2. The van der Waals surface area contributed by atoms with Crippen LogP contribution in [-0.2, 0) is 9.53 Å². The largest absolute Gasteiger partial charge is 0.451 e. The zero-order valence-corrected chi connectivity index (χ0v) is 10.2. The minimum absolute atomic E-state index is 0.169. The van der Waals surface area contributed by atoms with Gasteiger partial charge in [-0.05, 0) is 44.6 Å². The summed E-state index contributed by atoms with van der Waals surface area (Å²) in [5.74, 6) is -0.169. The first kappa shape index (κ1) is 11.4. The first-order chi connectivity index (χ1) is 7.64. The Morgan fingerprint density at radius 1 is 1.44 bits per heavy atom. The Labute approximate surface area is 97.4 Å². The van der Waals surface area contributed by atoms with Crippen molar-refractivity contribution < 1.29 is 9.53 Å². The number of esters is 1. The van der Waals surface area contributed by atoms with Gasteiger partial charge in [-0.15, -0.1) is 0 Å². The van der Waals surface area contributed by atoms with Crippen LogP contribution in [0.4, 0.5) is 0 Å². The SMILES string of the molecule is CCC1=CC(=O)OC(C)(C2=CCCCC2)C1. The number of carbonyl (C=O) groups excluding carboxylic acids is 1. The minimum Gasteiger partial charge on any atom is -0.451 e. The molecule has 0 N–H and O–H groups in total. The highest BCUT2D eigenvalue weighted by atomic mass is 16.6. The lowest BCUT2D eigenvalue weighted by atomic mass is 9.81. The van der Waals surface area contributed by atoms with Gasteiger partial charge in [0.15, 0.2) is 0 Å². The molecular formula is C14H20O2. The van der Waals surface area contributed by atoms with E-state index in [1.54, 1.807) is 6.08 Å². The van der Waals surface area contributed by atoms with Crippen LogP contribution in [-0.4, -0.2) is 11.6 Å². The van der Waals surface area contributed by atoms with Crippen molar-refractivity contribution in [1.82, 2.24) is 0 Å². The van der Waals surface area contributed by atoms with E-state index < -0.39 is 0 Å². The number of hydrogen-bond donors (Lipinski definition) is 0. The summed E-state index contributed by atoms with van der Waals surface area (Å²) in [4.78, 5) is 11.6. The van der Waals surface area contributed by atoms with Crippen molar-refractivity contribution in [2.45, 2.75) is 58.0 Å². The Kier molecular flexibility index (Phi) is 3.17. The molecule has 0 spiro atoms. The van der Waals surface area contributed by atoms with Crippen molar-refractivity contribution >= 4 is 5.97 Å². The van der Waals surface area contributed by atoms with Crippen LogP contribution in [0, 0.1) is 0 Å². The molecule has 0 aromatic rings. The van der Waals surface area contributed by atoms with Crippen molar-refractivity contribution in [3.63, 3.8) is 0 Å². The van der Waals surface area contributed by atoms with E-state index in [0.29, 0.717) is 0 Å². The van der Waals surface area contributed by atoms with Gasteiger partial charge < -0.3 is 4.74 Å². The fourth-order valence-electron chi connectivity index (χ4n) is 2.66. The van der Waals surface area contributed by atoms with Crippen molar-refractivity contribution in [2.75, 3.05) is 0 Å². The highest BCUT2D eigenvalue weighted by Gasteiger charge is 2.36. The Hall–Kier alpha value is -1.05. The predicted octanol–water partition coefficient (Wildman–Crippen LogP) is 3.53. The third-order valence-corrected chi connectivity index (χ3v) is 3.64. The zero-order valence-electron chi connectivity index (χ0n) is 10.2. The normalized spacial score (nSPS) is 30.5. The highest BCUT2D eigenvalue weighted by molar-refractivity contribution is 5.84. The fraction of sp³-hybridized carbons (Fsp3) is 0.643. The summed E-state index contributed by atoms with van der Waals surface area (Å²) >= 11 is 0. The second kappa shape index (κ2) is 4.44. The molecule has 1 heterocycles.